The van der Waals surface area contributed by atoms with Gasteiger partial charge < -0.3 is 15.4 Å². The fraction of sp³-hybridized carbons (Fsp3) is 0.174. The van der Waals surface area contributed by atoms with Gasteiger partial charge in [-0.25, -0.2) is 4.79 Å². The van der Waals surface area contributed by atoms with Crippen LogP contribution in [0.25, 0.3) is 11.1 Å². The maximum Gasteiger partial charge on any atom is 0.407 e. The molecule has 0 radical (unpaired) electrons. The zero-order valence-electron chi connectivity index (χ0n) is 15.2. The Morgan fingerprint density at radius 2 is 1.48 bits per heavy atom. The SMILES string of the molecule is CNc1ccc(CNC(=O)OCC2c3ccccc3-c3ccccc32)cc1. The Kier molecular flexibility index (Phi) is 4.79. The van der Waals surface area contributed by atoms with Crippen molar-refractivity contribution in [2.45, 2.75) is 12.5 Å². The number of alkyl carbamates (subject to hydrolysis) is 1. The Labute approximate surface area is 159 Å². The van der Waals surface area contributed by atoms with E-state index in [9.17, 15) is 4.79 Å². The van der Waals surface area contributed by atoms with Gasteiger partial charge in [0.05, 0.1) is 0 Å². The predicted molar refractivity (Wildman–Crippen MR) is 108 cm³/mol. The minimum atomic E-state index is -0.394. The van der Waals surface area contributed by atoms with Gasteiger partial charge in [0, 0.05) is 25.2 Å². The zero-order valence-corrected chi connectivity index (χ0v) is 15.2. The molecule has 1 amide bonds. The van der Waals surface area contributed by atoms with Crippen LogP contribution in [0.4, 0.5) is 10.5 Å². The van der Waals surface area contributed by atoms with E-state index in [1.807, 2.05) is 55.6 Å². The van der Waals surface area contributed by atoms with E-state index in [1.165, 1.54) is 22.3 Å². The molecule has 136 valence electrons. The maximum absolute atomic E-state index is 12.2. The van der Waals surface area contributed by atoms with Crippen LogP contribution in [0.5, 0.6) is 0 Å². The second kappa shape index (κ2) is 7.54. The monoisotopic (exact) mass is 358 g/mol. The minimum Gasteiger partial charge on any atom is -0.449 e. The van der Waals surface area contributed by atoms with Crippen molar-refractivity contribution >= 4 is 11.8 Å². The Balaban J connectivity index is 1.39. The third kappa shape index (κ3) is 3.51. The summed E-state index contributed by atoms with van der Waals surface area (Å²) in [7, 11) is 1.88. The summed E-state index contributed by atoms with van der Waals surface area (Å²) in [5.74, 6) is 0.0815. The number of carbonyl (C=O) groups excluding carboxylic acids is 1. The van der Waals surface area contributed by atoms with Crippen LogP contribution in [-0.4, -0.2) is 19.7 Å². The molecule has 2 N–H and O–H groups in total. The van der Waals surface area contributed by atoms with Crippen molar-refractivity contribution in [3.8, 4) is 11.1 Å². The molecule has 0 heterocycles. The van der Waals surface area contributed by atoms with Crippen LogP contribution in [0.1, 0.15) is 22.6 Å². The molecule has 0 atom stereocenters. The third-order valence-corrected chi connectivity index (χ3v) is 5.02. The van der Waals surface area contributed by atoms with Crippen molar-refractivity contribution in [1.29, 1.82) is 0 Å². The number of nitrogens with one attached hydrogen (secondary N) is 2. The lowest BCUT2D eigenvalue weighted by Gasteiger charge is -2.14. The highest BCUT2D eigenvalue weighted by atomic mass is 16.5. The number of anilines is 1. The molecule has 0 unspecified atom stereocenters. The highest BCUT2D eigenvalue weighted by Gasteiger charge is 2.28. The number of ether oxygens (including phenoxy) is 1. The Morgan fingerprint density at radius 3 is 2.07 bits per heavy atom. The number of benzene rings is 3. The van der Waals surface area contributed by atoms with Crippen LogP contribution in [0, 0.1) is 0 Å². The lowest BCUT2D eigenvalue weighted by Crippen LogP contribution is -2.25. The molecule has 1 aliphatic rings. The molecule has 4 rings (SSSR count). The first kappa shape index (κ1) is 17.2. The number of hydrogen-bond acceptors (Lipinski definition) is 3. The molecule has 0 spiro atoms. The van der Waals surface area contributed by atoms with E-state index >= 15 is 0 Å². The summed E-state index contributed by atoms with van der Waals surface area (Å²) in [4.78, 5) is 12.2. The fourth-order valence-electron chi connectivity index (χ4n) is 3.61. The molecule has 4 heteroatoms. The van der Waals surface area contributed by atoms with Gasteiger partial charge in [-0.2, -0.15) is 0 Å². The first-order valence-corrected chi connectivity index (χ1v) is 9.12. The van der Waals surface area contributed by atoms with E-state index in [0.717, 1.165) is 11.3 Å². The van der Waals surface area contributed by atoms with E-state index in [1.54, 1.807) is 0 Å². The van der Waals surface area contributed by atoms with Crippen LogP contribution in [0.3, 0.4) is 0 Å². The number of amides is 1. The lowest BCUT2D eigenvalue weighted by molar-refractivity contribution is 0.142. The number of carbonyl (C=O) groups is 1. The second-order valence-corrected chi connectivity index (χ2v) is 6.63. The topological polar surface area (TPSA) is 50.4 Å². The summed E-state index contributed by atoms with van der Waals surface area (Å²) >= 11 is 0. The number of hydrogen-bond donors (Lipinski definition) is 2. The third-order valence-electron chi connectivity index (χ3n) is 5.02. The minimum absolute atomic E-state index is 0.0815. The van der Waals surface area contributed by atoms with Crippen LogP contribution in [0.2, 0.25) is 0 Å². The summed E-state index contributed by atoms with van der Waals surface area (Å²) in [6, 6.07) is 24.6. The van der Waals surface area contributed by atoms with Crippen molar-refractivity contribution in [2.24, 2.45) is 0 Å². The molecule has 3 aromatic carbocycles. The summed E-state index contributed by atoms with van der Waals surface area (Å²) in [5, 5.41) is 5.90. The molecule has 1 aliphatic carbocycles. The van der Waals surface area contributed by atoms with Crippen LogP contribution < -0.4 is 10.6 Å². The summed E-state index contributed by atoms with van der Waals surface area (Å²) < 4.78 is 5.54. The summed E-state index contributed by atoms with van der Waals surface area (Å²) in [6.07, 6.45) is -0.394. The fourth-order valence-corrected chi connectivity index (χ4v) is 3.61. The van der Waals surface area contributed by atoms with Crippen molar-refractivity contribution in [3.63, 3.8) is 0 Å². The molecular weight excluding hydrogens is 336 g/mol. The van der Waals surface area contributed by atoms with Crippen LogP contribution in [-0.2, 0) is 11.3 Å². The van der Waals surface area contributed by atoms with Gasteiger partial charge in [0.15, 0.2) is 0 Å². The average molecular weight is 358 g/mol. The normalized spacial score (nSPS) is 12.2. The predicted octanol–water partition coefficient (Wildman–Crippen LogP) is 4.77. The van der Waals surface area contributed by atoms with Crippen molar-refractivity contribution < 1.29 is 9.53 Å². The van der Waals surface area contributed by atoms with Gasteiger partial charge in [-0.3, -0.25) is 0 Å². The van der Waals surface area contributed by atoms with Gasteiger partial charge in [0.2, 0.25) is 0 Å². The van der Waals surface area contributed by atoms with Gasteiger partial charge in [0.1, 0.15) is 6.61 Å². The van der Waals surface area contributed by atoms with Crippen LogP contribution in [0.15, 0.2) is 72.8 Å². The Hall–Kier alpha value is -3.27. The van der Waals surface area contributed by atoms with Crippen molar-refractivity contribution in [3.05, 3.63) is 89.5 Å². The van der Waals surface area contributed by atoms with E-state index in [4.69, 9.17) is 4.74 Å². The molecule has 3 aromatic rings. The molecular formula is C23H22N2O2. The first-order chi connectivity index (χ1) is 13.3. The lowest BCUT2D eigenvalue weighted by atomic mass is 9.98. The molecule has 4 nitrogen and oxygen atoms in total. The van der Waals surface area contributed by atoms with E-state index < -0.39 is 6.09 Å². The van der Waals surface area contributed by atoms with Crippen molar-refractivity contribution in [2.75, 3.05) is 19.0 Å². The second-order valence-electron chi connectivity index (χ2n) is 6.63. The molecule has 0 saturated heterocycles. The molecule has 0 aromatic heterocycles. The van der Waals surface area contributed by atoms with Gasteiger partial charge in [-0.15, -0.1) is 0 Å². The summed E-state index contributed by atoms with van der Waals surface area (Å²) in [5.41, 5.74) is 6.96. The van der Waals surface area contributed by atoms with Gasteiger partial charge in [-0.1, -0.05) is 60.7 Å². The van der Waals surface area contributed by atoms with Gasteiger partial charge in [0.25, 0.3) is 0 Å². The molecule has 0 aliphatic heterocycles. The highest BCUT2D eigenvalue weighted by molar-refractivity contribution is 5.79. The average Bonchev–Trinajstić information content (AvgIpc) is 3.05. The first-order valence-electron chi connectivity index (χ1n) is 9.12. The van der Waals surface area contributed by atoms with E-state index in [-0.39, 0.29) is 5.92 Å². The van der Waals surface area contributed by atoms with Gasteiger partial charge in [-0.05, 0) is 39.9 Å². The smallest absolute Gasteiger partial charge is 0.407 e. The Bertz CT molecular complexity index is 905. The highest BCUT2D eigenvalue weighted by Crippen LogP contribution is 2.44. The zero-order chi connectivity index (χ0) is 18.6. The van der Waals surface area contributed by atoms with Gasteiger partial charge >= 0.3 is 6.09 Å². The molecule has 27 heavy (non-hydrogen) atoms. The quantitative estimate of drug-likeness (QED) is 0.691. The Morgan fingerprint density at radius 1 is 0.889 bits per heavy atom. The van der Waals surface area contributed by atoms with E-state index in [0.29, 0.717) is 13.2 Å². The largest absolute Gasteiger partial charge is 0.449 e. The number of fused-ring (bicyclic) bond motifs is 3. The van der Waals surface area contributed by atoms with E-state index in [2.05, 4.69) is 34.9 Å². The standard InChI is InChI=1S/C23H22N2O2/c1-24-17-12-10-16(11-13-17)14-25-23(26)27-15-22-20-8-4-2-6-18(20)19-7-3-5-9-21(19)22/h2-13,22,24H,14-15H2,1H3,(H,25,26). The maximum atomic E-state index is 12.2. The summed E-state index contributed by atoms with van der Waals surface area (Å²) in [6.45, 7) is 0.777. The molecule has 0 fully saturated rings. The van der Waals surface area contributed by atoms with Crippen molar-refractivity contribution in [1.82, 2.24) is 5.32 Å². The van der Waals surface area contributed by atoms with Crippen LogP contribution >= 0.6 is 0 Å². The molecule has 0 bridgehead atoms. The molecule has 0 saturated carbocycles. The number of rotatable bonds is 5.